The maximum absolute atomic E-state index is 9.52. The summed E-state index contributed by atoms with van der Waals surface area (Å²) < 4.78 is 5.34. The van der Waals surface area contributed by atoms with Gasteiger partial charge in [-0.15, -0.1) is 0 Å². The normalized spacial score (nSPS) is 36.5. The van der Waals surface area contributed by atoms with E-state index in [2.05, 4.69) is 0 Å². The lowest BCUT2D eigenvalue weighted by molar-refractivity contribution is -0.154. The van der Waals surface area contributed by atoms with Gasteiger partial charge in [-0.1, -0.05) is 30.3 Å². The highest BCUT2D eigenvalue weighted by Gasteiger charge is 2.36. The van der Waals surface area contributed by atoms with E-state index in [9.17, 15) is 15.3 Å². The van der Waals surface area contributed by atoms with E-state index in [0.29, 0.717) is 6.04 Å². The molecule has 2 rings (SSSR count). The van der Waals surface area contributed by atoms with Gasteiger partial charge in [-0.2, -0.15) is 0 Å². The Morgan fingerprint density at radius 2 is 1.80 bits per heavy atom. The molecule has 5 heteroatoms. The molecule has 15 heavy (non-hydrogen) atoms. The standard InChI is InChI=1S/C10H14O4Si/c11-8-6-15(14-10(13)9(8)12)7-4-2-1-3-5-7/h1-5,8-13,15H,6H2. The third-order valence-corrected chi connectivity index (χ3v) is 5.26. The van der Waals surface area contributed by atoms with Crippen molar-refractivity contribution in [3.63, 3.8) is 0 Å². The molecule has 1 aliphatic heterocycles. The van der Waals surface area contributed by atoms with Crippen molar-refractivity contribution in [2.45, 2.75) is 24.5 Å². The van der Waals surface area contributed by atoms with Crippen molar-refractivity contribution < 1.29 is 19.7 Å². The SMILES string of the molecule is OC1C[SiH](c2ccccc2)OC(O)C1O. The van der Waals surface area contributed by atoms with E-state index in [1.165, 1.54) is 0 Å². The fourth-order valence-electron chi connectivity index (χ4n) is 1.74. The van der Waals surface area contributed by atoms with Crippen LogP contribution in [0.2, 0.25) is 6.04 Å². The lowest BCUT2D eigenvalue weighted by Gasteiger charge is -2.33. The van der Waals surface area contributed by atoms with Crippen molar-refractivity contribution in [1.82, 2.24) is 0 Å². The van der Waals surface area contributed by atoms with Crippen molar-refractivity contribution >= 4 is 14.2 Å². The summed E-state index contributed by atoms with van der Waals surface area (Å²) in [6.07, 6.45) is -3.33. The summed E-state index contributed by atoms with van der Waals surface area (Å²) in [5.74, 6) is 0. The minimum absolute atomic E-state index is 0.433. The first kappa shape index (κ1) is 10.8. The predicted molar refractivity (Wildman–Crippen MR) is 57.1 cm³/mol. The lowest BCUT2D eigenvalue weighted by Crippen LogP contribution is -2.53. The molecule has 3 N–H and O–H groups in total. The minimum atomic E-state index is -1.80. The smallest absolute Gasteiger partial charge is 0.214 e. The van der Waals surface area contributed by atoms with Gasteiger partial charge in [0.05, 0.1) is 6.10 Å². The first-order chi connectivity index (χ1) is 7.18. The molecule has 0 radical (unpaired) electrons. The molecule has 0 aromatic heterocycles. The molecule has 1 heterocycles. The number of hydrogen-bond acceptors (Lipinski definition) is 4. The van der Waals surface area contributed by atoms with Crippen molar-refractivity contribution in [2.75, 3.05) is 0 Å². The number of benzene rings is 1. The molecular weight excluding hydrogens is 212 g/mol. The lowest BCUT2D eigenvalue weighted by atomic mass is 10.2. The van der Waals surface area contributed by atoms with Crippen LogP contribution in [-0.2, 0) is 4.43 Å². The van der Waals surface area contributed by atoms with Gasteiger partial charge < -0.3 is 19.7 Å². The molecule has 4 nitrogen and oxygen atoms in total. The van der Waals surface area contributed by atoms with E-state index in [4.69, 9.17) is 4.43 Å². The predicted octanol–water partition coefficient (Wildman–Crippen LogP) is -1.31. The first-order valence-electron chi connectivity index (χ1n) is 4.93. The highest BCUT2D eigenvalue weighted by Crippen LogP contribution is 2.17. The summed E-state index contributed by atoms with van der Waals surface area (Å²) in [7, 11) is -1.80. The summed E-state index contributed by atoms with van der Waals surface area (Å²) in [4.78, 5) is 0. The topological polar surface area (TPSA) is 69.9 Å². The van der Waals surface area contributed by atoms with Gasteiger partial charge in [0.25, 0.3) is 0 Å². The van der Waals surface area contributed by atoms with Crippen molar-refractivity contribution in [2.24, 2.45) is 0 Å². The molecule has 1 aromatic carbocycles. The summed E-state index contributed by atoms with van der Waals surface area (Å²) in [5, 5.41) is 29.2. The average Bonchev–Trinajstić information content (AvgIpc) is 2.26. The number of hydrogen-bond donors (Lipinski definition) is 3. The van der Waals surface area contributed by atoms with Crippen LogP contribution in [0.1, 0.15) is 0 Å². The Labute approximate surface area is 89.5 Å². The van der Waals surface area contributed by atoms with E-state index in [1.807, 2.05) is 30.3 Å². The maximum atomic E-state index is 9.52. The molecule has 4 unspecified atom stereocenters. The Morgan fingerprint density at radius 1 is 1.13 bits per heavy atom. The second-order valence-electron chi connectivity index (χ2n) is 3.72. The fourth-order valence-corrected chi connectivity index (χ4v) is 4.14. The monoisotopic (exact) mass is 226 g/mol. The fraction of sp³-hybridized carbons (Fsp3) is 0.400. The summed E-state index contributed by atoms with van der Waals surface area (Å²) in [6, 6.07) is 9.98. The van der Waals surface area contributed by atoms with Crippen LogP contribution in [0.3, 0.4) is 0 Å². The molecule has 82 valence electrons. The van der Waals surface area contributed by atoms with Crippen molar-refractivity contribution in [3.05, 3.63) is 30.3 Å². The molecule has 0 aliphatic carbocycles. The molecule has 1 aliphatic rings. The zero-order valence-electron chi connectivity index (χ0n) is 8.15. The van der Waals surface area contributed by atoms with Gasteiger partial charge in [-0.25, -0.2) is 0 Å². The third kappa shape index (κ3) is 2.27. The Balaban J connectivity index is 2.13. The minimum Gasteiger partial charge on any atom is -0.390 e. The van der Waals surface area contributed by atoms with Crippen molar-refractivity contribution in [1.29, 1.82) is 0 Å². The van der Waals surface area contributed by atoms with Crippen LogP contribution in [-0.4, -0.2) is 42.9 Å². The van der Waals surface area contributed by atoms with Gasteiger partial charge in [0.2, 0.25) is 9.04 Å². The van der Waals surface area contributed by atoms with Gasteiger partial charge >= 0.3 is 0 Å². The van der Waals surface area contributed by atoms with Gasteiger partial charge in [0.1, 0.15) is 6.10 Å². The third-order valence-electron chi connectivity index (χ3n) is 2.62. The van der Waals surface area contributed by atoms with Crippen LogP contribution in [0.15, 0.2) is 30.3 Å². The maximum Gasteiger partial charge on any atom is 0.214 e. The highest BCUT2D eigenvalue weighted by atomic mass is 28.3. The first-order valence-corrected chi connectivity index (χ1v) is 6.79. The summed E-state index contributed by atoms with van der Waals surface area (Å²) in [6.45, 7) is 0. The van der Waals surface area contributed by atoms with E-state index < -0.39 is 27.5 Å². The van der Waals surface area contributed by atoms with E-state index in [0.717, 1.165) is 5.19 Å². The Bertz CT molecular complexity index is 306. The van der Waals surface area contributed by atoms with Gasteiger partial charge in [-0.3, -0.25) is 0 Å². The van der Waals surface area contributed by atoms with E-state index in [1.54, 1.807) is 0 Å². The number of aliphatic hydroxyl groups is 3. The molecule has 0 amide bonds. The van der Waals surface area contributed by atoms with Gasteiger partial charge in [0.15, 0.2) is 6.29 Å². The summed E-state index contributed by atoms with van der Waals surface area (Å²) >= 11 is 0. The van der Waals surface area contributed by atoms with Crippen LogP contribution in [0, 0.1) is 0 Å². The second kappa shape index (κ2) is 4.42. The van der Waals surface area contributed by atoms with E-state index >= 15 is 0 Å². The highest BCUT2D eigenvalue weighted by molar-refractivity contribution is 6.67. The van der Waals surface area contributed by atoms with Gasteiger partial charge in [0, 0.05) is 0 Å². The molecule has 0 saturated carbocycles. The van der Waals surface area contributed by atoms with Crippen LogP contribution in [0.25, 0.3) is 0 Å². The van der Waals surface area contributed by atoms with E-state index in [-0.39, 0.29) is 0 Å². The molecular formula is C10H14O4Si. The molecule has 1 saturated heterocycles. The van der Waals surface area contributed by atoms with Gasteiger partial charge in [-0.05, 0) is 11.2 Å². The molecule has 0 bridgehead atoms. The molecule has 0 spiro atoms. The Hall–Kier alpha value is -0.723. The molecule has 1 fully saturated rings. The van der Waals surface area contributed by atoms with Crippen LogP contribution in [0.5, 0.6) is 0 Å². The Morgan fingerprint density at radius 3 is 2.40 bits per heavy atom. The van der Waals surface area contributed by atoms with Crippen LogP contribution in [0.4, 0.5) is 0 Å². The zero-order valence-corrected chi connectivity index (χ0v) is 9.31. The van der Waals surface area contributed by atoms with Crippen molar-refractivity contribution in [3.8, 4) is 0 Å². The summed E-state index contributed by atoms with van der Waals surface area (Å²) in [5.41, 5.74) is 0. The van der Waals surface area contributed by atoms with Crippen LogP contribution >= 0.6 is 0 Å². The number of rotatable bonds is 1. The quantitative estimate of drug-likeness (QED) is 0.520. The molecule has 1 aromatic rings. The average molecular weight is 226 g/mol. The largest absolute Gasteiger partial charge is 0.390 e. The molecule has 4 atom stereocenters. The van der Waals surface area contributed by atoms with Crippen LogP contribution < -0.4 is 5.19 Å². The Kier molecular flexibility index (Phi) is 3.18. The second-order valence-corrected chi connectivity index (χ2v) is 6.11. The number of aliphatic hydroxyl groups excluding tert-OH is 3. The zero-order chi connectivity index (χ0) is 10.8.